The van der Waals surface area contributed by atoms with E-state index in [4.69, 9.17) is 9.15 Å². The smallest absolute Gasteiger partial charge is 0.409 e. The van der Waals surface area contributed by atoms with Crippen LogP contribution in [0.4, 0.5) is 4.79 Å². The molecule has 2 amide bonds. The van der Waals surface area contributed by atoms with E-state index in [1.807, 2.05) is 39.0 Å². The monoisotopic (exact) mass is 422 g/mol. The number of amides is 2. The molecule has 1 fully saturated rings. The van der Waals surface area contributed by atoms with Crippen LogP contribution in [0.25, 0.3) is 11.0 Å². The Bertz CT molecular complexity index is 822. The van der Waals surface area contributed by atoms with Crippen LogP contribution in [-0.2, 0) is 4.74 Å². The maximum Gasteiger partial charge on any atom is 0.409 e. The largest absolute Gasteiger partial charge is 0.451 e. The molecule has 7 heteroatoms. The number of rotatable bonds is 3. The lowest BCUT2D eigenvalue weighted by molar-refractivity contribution is 0.0515. The molecule has 6 nitrogen and oxygen atoms in total. The number of nitrogens with zero attached hydrogens (tertiary/aromatic N) is 2. The Hall–Kier alpha value is -2.02. The Balaban J connectivity index is 1.65. The molecule has 0 saturated carbocycles. The average Bonchev–Trinajstić information content (AvgIpc) is 2.95. The number of ether oxygens (including phenoxy) is 1. The van der Waals surface area contributed by atoms with E-state index in [-0.39, 0.29) is 12.0 Å². The van der Waals surface area contributed by atoms with Crippen LogP contribution in [0.2, 0.25) is 0 Å². The second-order valence-electron chi connectivity index (χ2n) is 6.95. The van der Waals surface area contributed by atoms with Gasteiger partial charge in [0.15, 0.2) is 5.76 Å². The summed E-state index contributed by atoms with van der Waals surface area (Å²) < 4.78 is 12.0. The van der Waals surface area contributed by atoms with Crippen molar-refractivity contribution in [1.29, 1.82) is 0 Å². The molecule has 2 heterocycles. The van der Waals surface area contributed by atoms with Crippen molar-refractivity contribution in [2.24, 2.45) is 5.92 Å². The van der Waals surface area contributed by atoms with Crippen molar-refractivity contribution >= 4 is 38.9 Å². The molecule has 0 spiro atoms. The topological polar surface area (TPSA) is 63.0 Å². The maximum absolute atomic E-state index is 12.9. The highest BCUT2D eigenvalue weighted by Gasteiger charge is 2.28. The maximum atomic E-state index is 12.9. The van der Waals surface area contributed by atoms with E-state index in [2.05, 4.69) is 15.9 Å². The third-order valence-electron chi connectivity index (χ3n) is 4.46. The second-order valence-corrected chi connectivity index (χ2v) is 7.86. The third kappa shape index (κ3) is 3.87. The van der Waals surface area contributed by atoms with Gasteiger partial charge >= 0.3 is 6.09 Å². The normalized spacial score (nSPS) is 15.0. The predicted molar refractivity (Wildman–Crippen MR) is 102 cm³/mol. The Kier molecular flexibility index (Phi) is 5.55. The molecule has 1 saturated heterocycles. The number of carbonyl (C=O) groups excluding carboxylic acids is 2. The van der Waals surface area contributed by atoms with Crippen LogP contribution in [0.1, 0.15) is 30.0 Å². The molecule has 26 heavy (non-hydrogen) atoms. The van der Waals surface area contributed by atoms with E-state index < -0.39 is 0 Å². The number of carbonyl (C=O) groups is 2. The number of furan rings is 1. The van der Waals surface area contributed by atoms with Gasteiger partial charge in [0.05, 0.1) is 6.61 Å². The fourth-order valence-electron chi connectivity index (χ4n) is 2.96. The zero-order valence-electron chi connectivity index (χ0n) is 15.3. The lowest BCUT2D eigenvalue weighted by Gasteiger charge is -2.33. The number of fused-ring (bicyclic) bond motifs is 1. The molecule has 1 aliphatic rings. The molecule has 2 aromatic rings. The van der Waals surface area contributed by atoms with Crippen LogP contribution in [0.15, 0.2) is 27.1 Å². The Labute approximate surface area is 161 Å². The fourth-order valence-corrected chi connectivity index (χ4v) is 3.32. The summed E-state index contributed by atoms with van der Waals surface area (Å²) in [6.45, 7) is 8.17. The summed E-state index contributed by atoms with van der Waals surface area (Å²) >= 11 is 3.44. The van der Waals surface area contributed by atoms with Crippen LogP contribution in [0.3, 0.4) is 0 Å². The summed E-state index contributed by atoms with van der Waals surface area (Å²) in [7, 11) is 0. The van der Waals surface area contributed by atoms with E-state index in [0.29, 0.717) is 50.0 Å². The van der Waals surface area contributed by atoms with Gasteiger partial charge < -0.3 is 19.0 Å². The number of benzene rings is 1. The van der Waals surface area contributed by atoms with Crippen molar-refractivity contribution in [3.05, 3.63) is 34.0 Å². The minimum absolute atomic E-state index is 0.134. The van der Waals surface area contributed by atoms with Crippen molar-refractivity contribution in [3.63, 3.8) is 0 Å². The van der Waals surface area contributed by atoms with Gasteiger partial charge in [-0.15, -0.1) is 0 Å². The summed E-state index contributed by atoms with van der Waals surface area (Å²) in [5, 5.41) is 0.929. The molecule has 0 bridgehead atoms. The molecule has 0 aliphatic carbocycles. The lowest BCUT2D eigenvalue weighted by atomic mass is 10.1. The van der Waals surface area contributed by atoms with Crippen molar-refractivity contribution in [1.82, 2.24) is 9.80 Å². The first-order chi connectivity index (χ1) is 12.4. The third-order valence-corrected chi connectivity index (χ3v) is 4.95. The second kappa shape index (κ2) is 7.70. The molecule has 0 radical (unpaired) electrons. The first kappa shape index (κ1) is 18.8. The number of halogens is 1. The van der Waals surface area contributed by atoms with Crippen molar-refractivity contribution in [2.75, 3.05) is 32.8 Å². The highest BCUT2D eigenvalue weighted by atomic mass is 79.9. The summed E-state index contributed by atoms with van der Waals surface area (Å²) in [5.41, 5.74) is 1.54. The van der Waals surface area contributed by atoms with Gasteiger partial charge in [0, 0.05) is 41.6 Å². The van der Waals surface area contributed by atoms with Crippen LogP contribution < -0.4 is 0 Å². The van der Waals surface area contributed by atoms with Crippen LogP contribution in [0.5, 0.6) is 0 Å². The molecule has 1 aromatic carbocycles. The zero-order valence-corrected chi connectivity index (χ0v) is 16.8. The van der Waals surface area contributed by atoms with E-state index >= 15 is 0 Å². The molecule has 3 rings (SSSR count). The molecule has 0 atom stereocenters. The Morgan fingerprint density at radius 1 is 1.19 bits per heavy atom. The minimum atomic E-state index is -0.310. The predicted octanol–water partition coefficient (Wildman–Crippen LogP) is 4.05. The minimum Gasteiger partial charge on any atom is -0.451 e. The Morgan fingerprint density at radius 3 is 2.50 bits per heavy atom. The fraction of sp³-hybridized carbons (Fsp3) is 0.474. The number of piperazine rings is 1. The van der Waals surface area contributed by atoms with E-state index in [1.165, 1.54) is 0 Å². The van der Waals surface area contributed by atoms with Crippen LogP contribution in [0, 0.1) is 12.8 Å². The van der Waals surface area contributed by atoms with Gasteiger partial charge in [-0.2, -0.15) is 0 Å². The first-order valence-corrected chi connectivity index (χ1v) is 9.55. The van der Waals surface area contributed by atoms with Gasteiger partial charge in [-0.1, -0.05) is 29.8 Å². The van der Waals surface area contributed by atoms with E-state index in [1.54, 1.807) is 9.80 Å². The summed E-state index contributed by atoms with van der Waals surface area (Å²) in [5.74, 6) is 0.539. The first-order valence-electron chi connectivity index (χ1n) is 8.76. The molecule has 140 valence electrons. The van der Waals surface area contributed by atoms with Gasteiger partial charge in [-0.05, 0) is 31.0 Å². The van der Waals surface area contributed by atoms with Gasteiger partial charge in [-0.25, -0.2) is 4.79 Å². The van der Waals surface area contributed by atoms with Crippen molar-refractivity contribution < 1.29 is 18.7 Å². The van der Waals surface area contributed by atoms with Gasteiger partial charge in [0.1, 0.15) is 5.58 Å². The standard InChI is InChI=1S/C19H23BrN2O4/c1-12(2)11-25-19(24)22-8-6-21(7-9-22)18(23)17-13(3)15-10-14(20)4-5-16(15)26-17/h4-5,10,12H,6-9,11H2,1-3H3. The molecular weight excluding hydrogens is 400 g/mol. The zero-order chi connectivity index (χ0) is 18.8. The summed E-state index contributed by atoms with van der Waals surface area (Å²) in [6, 6.07) is 5.69. The van der Waals surface area contributed by atoms with Crippen molar-refractivity contribution in [2.45, 2.75) is 20.8 Å². The van der Waals surface area contributed by atoms with E-state index in [0.717, 1.165) is 15.4 Å². The van der Waals surface area contributed by atoms with Gasteiger partial charge in [0.2, 0.25) is 0 Å². The average molecular weight is 423 g/mol. The molecular formula is C19H23BrN2O4. The summed E-state index contributed by atoms with van der Waals surface area (Å²) in [4.78, 5) is 28.3. The molecule has 0 unspecified atom stereocenters. The lowest BCUT2D eigenvalue weighted by Crippen LogP contribution is -2.50. The van der Waals surface area contributed by atoms with E-state index in [9.17, 15) is 9.59 Å². The van der Waals surface area contributed by atoms with Crippen molar-refractivity contribution in [3.8, 4) is 0 Å². The highest BCUT2D eigenvalue weighted by Crippen LogP contribution is 2.29. The SMILES string of the molecule is Cc1c(C(=O)N2CCN(C(=O)OCC(C)C)CC2)oc2ccc(Br)cc12. The number of aryl methyl sites for hydroxylation is 1. The quantitative estimate of drug-likeness (QED) is 0.747. The van der Waals surface area contributed by atoms with Crippen LogP contribution >= 0.6 is 15.9 Å². The number of hydrogen-bond acceptors (Lipinski definition) is 4. The van der Waals surface area contributed by atoms with Gasteiger partial charge in [0.25, 0.3) is 5.91 Å². The van der Waals surface area contributed by atoms with Crippen LogP contribution in [-0.4, -0.2) is 54.6 Å². The summed E-state index contributed by atoms with van der Waals surface area (Å²) in [6.07, 6.45) is -0.310. The van der Waals surface area contributed by atoms with Gasteiger partial charge in [-0.3, -0.25) is 4.79 Å². The molecule has 1 aliphatic heterocycles. The molecule has 1 aromatic heterocycles. The number of hydrogen-bond donors (Lipinski definition) is 0. The highest BCUT2D eigenvalue weighted by molar-refractivity contribution is 9.10. The Morgan fingerprint density at radius 2 is 1.85 bits per heavy atom. The molecule has 0 N–H and O–H groups in total.